The second-order valence-corrected chi connectivity index (χ2v) is 5.56. The maximum absolute atomic E-state index is 4.33. The van der Waals surface area contributed by atoms with Gasteiger partial charge in [-0.05, 0) is 59.1 Å². The van der Waals surface area contributed by atoms with E-state index >= 15 is 0 Å². The van der Waals surface area contributed by atoms with Crippen LogP contribution < -0.4 is 5.32 Å². The number of hydrogen-bond donors (Lipinski definition) is 1. The minimum absolute atomic E-state index is 0.854. The first-order valence-electron chi connectivity index (χ1n) is 5.22. The molecule has 2 rings (SSSR count). The van der Waals surface area contributed by atoms with Crippen molar-refractivity contribution in [2.45, 2.75) is 13.8 Å². The van der Waals surface area contributed by atoms with E-state index in [4.69, 9.17) is 0 Å². The van der Waals surface area contributed by atoms with Gasteiger partial charge in [0.25, 0.3) is 0 Å². The number of halogens is 2. The van der Waals surface area contributed by atoms with Crippen LogP contribution in [0.15, 0.2) is 39.4 Å². The van der Waals surface area contributed by atoms with Crippen LogP contribution in [0.3, 0.4) is 0 Å². The first-order chi connectivity index (χ1) is 8.08. The molecule has 0 saturated heterocycles. The van der Waals surface area contributed by atoms with E-state index in [0.717, 1.165) is 26.0 Å². The Kier molecular flexibility index (Phi) is 3.84. The van der Waals surface area contributed by atoms with Gasteiger partial charge >= 0.3 is 0 Å². The molecule has 0 atom stereocenters. The summed E-state index contributed by atoms with van der Waals surface area (Å²) in [5.74, 6) is 0.854. The second-order valence-electron chi connectivity index (χ2n) is 3.86. The van der Waals surface area contributed by atoms with Gasteiger partial charge in [0, 0.05) is 20.8 Å². The fraction of sp³-hybridized carbons (Fsp3) is 0.154. The Morgan fingerprint density at radius 2 is 1.88 bits per heavy atom. The van der Waals surface area contributed by atoms with Crippen molar-refractivity contribution in [3.05, 3.63) is 50.5 Å². The number of hydrogen-bond acceptors (Lipinski definition) is 2. The van der Waals surface area contributed by atoms with Crippen LogP contribution in [0.2, 0.25) is 0 Å². The van der Waals surface area contributed by atoms with E-state index in [-0.39, 0.29) is 0 Å². The maximum atomic E-state index is 4.33. The van der Waals surface area contributed by atoms with E-state index in [1.165, 1.54) is 5.56 Å². The van der Waals surface area contributed by atoms with Crippen LogP contribution in [-0.4, -0.2) is 4.98 Å². The maximum Gasteiger partial charge on any atom is 0.130 e. The summed E-state index contributed by atoms with van der Waals surface area (Å²) in [4.78, 5) is 4.33. The Balaban J connectivity index is 2.31. The molecule has 1 heterocycles. The minimum atomic E-state index is 0.854. The van der Waals surface area contributed by atoms with Crippen molar-refractivity contribution >= 4 is 43.4 Å². The number of aromatic nitrogens is 1. The molecule has 0 spiro atoms. The van der Waals surface area contributed by atoms with Gasteiger partial charge in [0.1, 0.15) is 5.82 Å². The molecule has 0 bridgehead atoms. The zero-order valence-corrected chi connectivity index (χ0v) is 12.8. The lowest BCUT2D eigenvalue weighted by Crippen LogP contribution is -1.96. The average Bonchev–Trinajstić information content (AvgIpc) is 2.30. The molecule has 88 valence electrons. The van der Waals surface area contributed by atoms with Crippen LogP contribution in [0.5, 0.6) is 0 Å². The molecule has 0 saturated carbocycles. The van der Waals surface area contributed by atoms with Crippen LogP contribution >= 0.6 is 31.9 Å². The number of nitrogens with zero attached hydrogens (tertiary/aromatic N) is 1. The number of pyridine rings is 1. The second kappa shape index (κ2) is 5.19. The third-order valence-corrected chi connectivity index (χ3v) is 4.27. The molecule has 0 aliphatic carbocycles. The largest absolute Gasteiger partial charge is 0.340 e. The summed E-state index contributed by atoms with van der Waals surface area (Å²) < 4.78 is 2.12. The van der Waals surface area contributed by atoms with Gasteiger partial charge < -0.3 is 5.32 Å². The normalized spacial score (nSPS) is 10.4. The predicted octanol–water partition coefficient (Wildman–Crippen LogP) is 4.97. The van der Waals surface area contributed by atoms with Crippen LogP contribution in [0.25, 0.3) is 0 Å². The Morgan fingerprint density at radius 1 is 1.12 bits per heavy atom. The molecule has 0 fully saturated rings. The highest BCUT2D eigenvalue weighted by Crippen LogP contribution is 2.26. The molecule has 0 unspecified atom stereocenters. The van der Waals surface area contributed by atoms with Crippen molar-refractivity contribution in [1.29, 1.82) is 0 Å². The van der Waals surface area contributed by atoms with Gasteiger partial charge in [-0.1, -0.05) is 22.0 Å². The highest BCUT2D eigenvalue weighted by Gasteiger charge is 2.04. The van der Waals surface area contributed by atoms with Crippen molar-refractivity contribution in [2.75, 3.05) is 5.32 Å². The van der Waals surface area contributed by atoms with Gasteiger partial charge in [0.05, 0.1) is 0 Å². The SMILES string of the molecule is Cc1cc(Nc2cccc(Br)c2C)ncc1Br. The van der Waals surface area contributed by atoms with Crippen molar-refractivity contribution in [3.63, 3.8) is 0 Å². The molecule has 4 heteroatoms. The van der Waals surface area contributed by atoms with E-state index in [1.807, 2.05) is 37.4 Å². The van der Waals surface area contributed by atoms with Crippen LogP contribution in [0.1, 0.15) is 11.1 Å². The summed E-state index contributed by atoms with van der Waals surface area (Å²) >= 11 is 6.96. The van der Waals surface area contributed by atoms with Crippen molar-refractivity contribution in [2.24, 2.45) is 0 Å². The third kappa shape index (κ3) is 2.87. The summed E-state index contributed by atoms with van der Waals surface area (Å²) in [6, 6.07) is 8.09. The van der Waals surface area contributed by atoms with E-state index in [0.29, 0.717) is 0 Å². The predicted molar refractivity (Wildman–Crippen MR) is 78.8 cm³/mol. The zero-order chi connectivity index (χ0) is 12.4. The van der Waals surface area contributed by atoms with Crippen molar-refractivity contribution in [1.82, 2.24) is 4.98 Å². The molecule has 17 heavy (non-hydrogen) atoms. The van der Waals surface area contributed by atoms with E-state index in [1.54, 1.807) is 0 Å². The first kappa shape index (κ1) is 12.6. The van der Waals surface area contributed by atoms with Gasteiger partial charge in [0.2, 0.25) is 0 Å². The molecule has 2 aromatic rings. The molecule has 1 aromatic heterocycles. The third-order valence-electron chi connectivity index (χ3n) is 2.58. The highest BCUT2D eigenvalue weighted by atomic mass is 79.9. The van der Waals surface area contributed by atoms with E-state index < -0.39 is 0 Å². The lowest BCUT2D eigenvalue weighted by Gasteiger charge is -2.10. The summed E-state index contributed by atoms with van der Waals surface area (Å²) in [6.07, 6.45) is 1.81. The monoisotopic (exact) mass is 354 g/mol. The number of anilines is 2. The molecular formula is C13H12Br2N2. The Bertz CT molecular complexity index is 553. The van der Waals surface area contributed by atoms with Crippen LogP contribution in [-0.2, 0) is 0 Å². The summed E-state index contributed by atoms with van der Waals surface area (Å²) in [5.41, 5.74) is 3.40. The first-order valence-corrected chi connectivity index (χ1v) is 6.81. The Morgan fingerprint density at radius 3 is 2.59 bits per heavy atom. The standard InChI is InChI=1S/C13H12Br2N2/c1-8-6-13(16-7-11(8)15)17-12-5-3-4-10(14)9(12)2/h3-7H,1-2H3,(H,16,17). The molecule has 1 aromatic carbocycles. The lowest BCUT2D eigenvalue weighted by atomic mass is 10.2. The van der Waals surface area contributed by atoms with Gasteiger partial charge in [-0.2, -0.15) is 0 Å². The Hall–Kier alpha value is -0.870. The van der Waals surface area contributed by atoms with E-state index in [9.17, 15) is 0 Å². The molecule has 0 aliphatic rings. The van der Waals surface area contributed by atoms with Crippen LogP contribution in [0, 0.1) is 13.8 Å². The highest BCUT2D eigenvalue weighted by molar-refractivity contribution is 9.10. The molecule has 0 radical (unpaired) electrons. The molecule has 1 N–H and O–H groups in total. The molecule has 0 amide bonds. The number of benzene rings is 1. The summed E-state index contributed by atoms with van der Waals surface area (Å²) in [6.45, 7) is 4.11. The number of aryl methyl sites for hydroxylation is 1. The van der Waals surface area contributed by atoms with Crippen molar-refractivity contribution in [3.8, 4) is 0 Å². The van der Waals surface area contributed by atoms with E-state index in [2.05, 4.69) is 49.1 Å². The molecule has 2 nitrogen and oxygen atoms in total. The minimum Gasteiger partial charge on any atom is -0.340 e. The quantitative estimate of drug-likeness (QED) is 0.822. The zero-order valence-electron chi connectivity index (χ0n) is 9.59. The van der Waals surface area contributed by atoms with Gasteiger partial charge in [-0.25, -0.2) is 4.98 Å². The van der Waals surface area contributed by atoms with Gasteiger partial charge in [-0.3, -0.25) is 0 Å². The smallest absolute Gasteiger partial charge is 0.130 e. The number of nitrogens with one attached hydrogen (secondary N) is 1. The topological polar surface area (TPSA) is 24.9 Å². The summed E-state index contributed by atoms with van der Waals surface area (Å²) in [7, 11) is 0. The fourth-order valence-electron chi connectivity index (χ4n) is 1.49. The van der Waals surface area contributed by atoms with Gasteiger partial charge in [-0.15, -0.1) is 0 Å². The van der Waals surface area contributed by atoms with Crippen LogP contribution in [0.4, 0.5) is 11.5 Å². The fourth-order valence-corrected chi connectivity index (χ4v) is 2.07. The Labute approximate surface area is 118 Å². The lowest BCUT2D eigenvalue weighted by molar-refractivity contribution is 1.24. The average molecular weight is 356 g/mol. The molecular weight excluding hydrogens is 344 g/mol. The summed E-state index contributed by atoms with van der Waals surface area (Å²) in [5, 5.41) is 3.32. The number of rotatable bonds is 2. The van der Waals surface area contributed by atoms with Crippen molar-refractivity contribution < 1.29 is 0 Å². The van der Waals surface area contributed by atoms with Gasteiger partial charge in [0.15, 0.2) is 0 Å². The molecule has 0 aliphatic heterocycles.